The van der Waals surface area contributed by atoms with Gasteiger partial charge >= 0.3 is 5.97 Å². The van der Waals surface area contributed by atoms with E-state index < -0.39 is 24.2 Å². The van der Waals surface area contributed by atoms with Gasteiger partial charge < -0.3 is 9.47 Å². The molecule has 16 heavy (non-hydrogen) atoms. The summed E-state index contributed by atoms with van der Waals surface area (Å²) in [6.45, 7) is 2.92. The monoisotopic (exact) mass is 230 g/mol. The number of benzene rings is 1. The molecule has 0 spiro atoms. The molecule has 0 atom stereocenters. The Bertz CT molecular complexity index is 377. The van der Waals surface area contributed by atoms with Crippen LogP contribution in [0.15, 0.2) is 18.2 Å². The topological polar surface area (TPSA) is 35.5 Å². The number of carbonyl (C=O) groups is 1. The van der Waals surface area contributed by atoms with E-state index in [9.17, 15) is 13.6 Å². The summed E-state index contributed by atoms with van der Waals surface area (Å²) >= 11 is 0. The number of hydrogen-bond acceptors (Lipinski definition) is 3. The first-order valence-electron chi connectivity index (χ1n) is 4.76. The Morgan fingerprint density at radius 1 is 1.38 bits per heavy atom. The third-order valence-corrected chi connectivity index (χ3v) is 1.61. The Hall–Kier alpha value is -1.65. The molecule has 0 fully saturated rings. The van der Waals surface area contributed by atoms with Crippen LogP contribution in [-0.2, 0) is 9.53 Å². The average molecular weight is 230 g/mol. The highest BCUT2D eigenvalue weighted by atomic mass is 19.1. The van der Waals surface area contributed by atoms with Gasteiger partial charge in [-0.1, -0.05) is 0 Å². The minimum atomic E-state index is -0.723. The van der Waals surface area contributed by atoms with Gasteiger partial charge in [-0.3, -0.25) is 0 Å². The molecule has 5 heteroatoms. The van der Waals surface area contributed by atoms with Crippen LogP contribution in [0, 0.1) is 11.6 Å². The molecule has 0 unspecified atom stereocenters. The molecule has 3 nitrogen and oxygen atoms in total. The maximum Gasteiger partial charge on any atom is 0.344 e. The largest absolute Gasteiger partial charge is 0.479 e. The van der Waals surface area contributed by atoms with Crippen molar-refractivity contribution in [3.05, 3.63) is 29.8 Å². The van der Waals surface area contributed by atoms with E-state index in [0.717, 1.165) is 18.2 Å². The van der Waals surface area contributed by atoms with Crippen molar-refractivity contribution in [2.75, 3.05) is 6.61 Å². The van der Waals surface area contributed by atoms with Crippen LogP contribution in [0.25, 0.3) is 0 Å². The van der Waals surface area contributed by atoms with E-state index in [4.69, 9.17) is 9.47 Å². The van der Waals surface area contributed by atoms with Crippen LogP contribution in [-0.4, -0.2) is 18.7 Å². The van der Waals surface area contributed by atoms with Gasteiger partial charge in [0.25, 0.3) is 0 Å². The molecule has 1 aromatic carbocycles. The van der Waals surface area contributed by atoms with Crippen LogP contribution in [0.5, 0.6) is 5.75 Å². The summed E-state index contributed by atoms with van der Waals surface area (Å²) in [4.78, 5) is 11.1. The molecule has 0 aliphatic heterocycles. The van der Waals surface area contributed by atoms with Gasteiger partial charge in [-0.25, -0.2) is 13.6 Å². The Morgan fingerprint density at radius 2 is 2.06 bits per heavy atom. The molecule has 0 aromatic heterocycles. The van der Waals surface area contributed by atoms with Gasteiger partial charge in [-0.15, -0.1) is 0 Å². The Morgan fingerprint density at radius 3 is 2.69 bits per heavy atom. The zero-order valence-electron chi connectivity index (χ0n) is 9.00. The summed E-state index contributed by atoms with van der Waals surface area (Å²) in [5.74, 6) is -2.29. The summed E-state index contributed by atoms with van der Waals surface area (Å²) in [7, 11) is 0. The van der Waals surface area contributed by atoms with E-state index >= 15 is 0 Å². The summed E-state index contributed by atoms with van der Waals surface area (Å²) < 4.78 is 35.3. The molecular formula is C11H12F2O3. The van der Waals surface area contributed by atoms with Crippen molar-refractivity contribution in [3.8, 4) is 5.75 Å². The predicted molar refractivity (Wildman–Crippen MR) is 53.1 cm³/mol. The Kier molecular flexibility index (Phi) is 4.22. The molecule has 0 bridgehead atoms. The third-order valence-electron chi connectivity index (χ3n) is 1.61. The zero-order valence-corrected chi connectivity index (χ0v) is 9.00. The van der Waals surface area contributed by atoms with Crippen molar-refractivity contribution in [2.45, 2.75) is 20.0 Å². The quantitative estimate of drug-likeness (QED) is 0.744. The van der Waals surface area contributed by atoms with Gasteiger partial charge in [0.2, 0.25) is 0 Å². The smallest absolute Gasteiger partial charge is 0.344 e. The van der Waals surface area contributed by atoms with Crippen LogP contribution >= 0.6 is 0 Å². The fourth-order valence-corrected chi connectivity index (χ4v) is 1.02. The molecule has 88 valence electrons. The lowest BCUT2D eigenvalue weighted by Gasteiger charge is -2.09. The zero-order chi connectivity index (χ0) is 12.1. The van der Waals surface area contributed by atoms with Gasteiger partial charge in [0.05, 0.1) is 6.10 Å². The lowest BCUT2D eigenvalue weighted by atomic mass is 10.3. The molecule has 0 N–H and O–H groups in total. The lowest BCUT2D eigenvalue weighted by molar-refractivity contribution is -0.149. The van der Waals surface area contributed by atoms with Crippen molar-refractivity contribution >= 4 is 5.97 Å². The normalized spacial score (nSPS) is 10.3. The van der Waals surface area contributed by atoms with Crippen molar-refractivity contribution in [2.24, 2.45) is 0 Å². The first kappa shape index (κ1) is 12.4. The van der Waals surface area contributed by atoms with Crippen LogP contribution in [0.3, 0.4) is 0 Å². The predicted octanol–water partition coefficient (Wildman–Crippen LogP) is 2.30. The molecule has 0 aliphatic carbocycles. The van der Waals surface area contributed by atoms with Gasteiger partial charge in [-0.2, -0.15) is 0 Å². The number of ether oxygens (including phenoxy) is 2. The van der Waals surface area contributed by atoms with E-state index in [2.05, 4.69) is 0 Å². The molecule has 0 saturated carbocycles. The first-order chi connectivity index (χ1) is 7.49. The summed E-state index contributed by atoms with van der Waals surface area (Å²) in [6.07, 6.45) is -0.270. The molecule has 1 aromatic rings. The van der Waals surface area contributed by atoms with E-state index in [0.29, 0.717) is 0 Å². The summed E-state index contributed by atoms with van der Waals surface area (Å²) in [5, 5.41) is 0. The van der Waals surface area contributed by atoms with Gasteiger partial charge in [0, 0.05) is 6.07 Å². The standard InChI is InChI=1S/C11H12F2O3/c1-7(2)16-11(14)6-15-10-5-8(12)3-4-9(10)13/h3-5,7H,6H2,1-2H3. The second kappa shape index (κ2) is 5.44. The average Bonchev–Trinajstić information content (AvgIpc) is 2.18. The summed E-state index contributed by atoms with van der Waals surface area (Å²) in [6, 6.07) is 2.77. The molecule has 0 heterocycles. The highest BCUT2D eigenvalue weighted by Gasteiger charge is 2.10. The van der Waals surface area contributed by atoms with Crippen molar-refractivity contribution in [3.63, 3.8) is 0 Å². The second-order valence-electron chi connectivity index (χ2n) is 3.40. The highest BCUT2D eigenvalue weighted by Crippen LogP contribution is 2.17. The molecular weight excluding hydrogens is 218 g/mol. The fraction of sp³-hybridized carbons (Fsp3) is 0.364. The molecule has 0 saturated heterocycles. The van der Waals surface area contributed by atoms with Crippen LogP contribution in [0.2, 0.25) is 0 Å². The highest BCUT2D eigenvalue weighted by molar-refractivity contribution is 5.71. The van der Waals surface area contributed by atoms with E-state index in [-0.39, 0.29) is 11.9 Å². The van der Waals surface area contributed by atoms with E-state index in [1.165, 1.54) is 0 Å². The van der Waals surface area contributed by atoms with Gasteiger partial charge in [0.15, 0.2) is 18.2 Å². The Labute approximate surface area is 92.0 Å². The van der Waals surface area contributed by atoms with Gasteiger partial charge in [0.1, 0.15) is 5.82 Å². The van der Waals surface area contributed by atoms with E-state index in [1.54, 1.807) is 13.8 Å². The number of halogens is 2. The van der Waals surface area contributed by atoms with Gasteiger partial charge in [-0.05, 0) is 26.0 Å². The fourth-order valence-electron chi connectivity index (χ4n) is 1.02. The second-order valence-corrected chi connectivity index (χ2v) is 3.40. The van der Waals surface area contributed by atoms with Crippen LogP contribution in [0.1, 0.15) is 13.8 Å². The first-order valence-corrected chi connectivity index (χ1v) is 4.76. The molecule has 0 aliphatic rings. The third kappa shape index (κ3) is 3.84. The van der Waals surface area contributed by atoms with Crippen molar-refractivity contribution in [1.82, 2.24) is 0 Å². The maximum absolute atomic E-state index is 13.0. The number of esters is 1. The van der Waals surface area contributed by atoms with E-state index in [1.807, 2.05) is 0 Å². The maximum atomic E-state index is 13.0. The summed E-state index contributed by atoms with van der Waals surface area (Å²) in [5.41, 5.74) is 0. The number of rotatable bonds is 4. The minimum Gasteiger partial charge on any atom is -0.479 e. The van der Waals surface area contributed by atoms with Crippen molar-refractivity contribution in [1.29, 1.82) is 0 Å². The Balaban J connectivity index is 2.54. The molecule has 0 amide bonds. The number of hydrogen-bond donors (Lipinski definition) is 0. The van der Waals surface area contributed by atoms with Crippen LogP contribution in [0.4, 0.5) is 8.78 Å². The number of carbonyl (C=O) groups excluding carboxylic acids is 1. The molecule has 1 rings (SSSR count). The van der Waals surface area contributed by atoms with Crippen molar-refractivity contribution < 1.29 is 23.0 Å². The minimum absolute atomic E-state index is 0.270. The molecule has 0 radical (unpaired) electrons. The lowest BCUT2D eigenvalue weighted by Crippen LogP contribution is -2.19. The van der Waals surface area contributed by atoms with Crippen LogP contribution < -0.4 is 4.74 Å². The SMILES string of the molecule is CC(C)OC(=O)COc1cc(F)ccc1F.